The molecule has 1 saturated carbocycles. The monoisotopic (exact) mass is 636 g/mol. The van der Waals surface area contributed by atoms with Crippen LogP contribution in [0.1, 0.15) is 30.9 Å². The number of hydrogen-bond acceptors (Lipinski definition) is 6. The standard InChI is InChI=1S/C27H33IN4O6/c1-16(31-26(36)22(29)12-17-7-9-21(33)10-8-17)25(35)30-14-24(34)32(15-18-5-6-18)23(27(37)38)13-19-3-2-4-20(28)11-19/h2-4,7-11,16,18,22-23,33H,5-6,12-15,29H2,1H3,(H,30,35)(H,31,36)(H,37,38)/t16-,22+,23+/m1/s1. The number of phenolic OH excluding ortho intramolecular Hbond substituents is 1. The predicted octanol–water partition coefficient (Wildman–Crippen LogP) is 1.42. The number of benzene rings is 2. The first-order valence-corrected chi connectivity index (χ1v) is 13.5. The third kappa shape index (κ3) is 8.98. The number of nitrogens with two attached hydrogens (primary N) is 1. The minimum absolute atomic E-state index is 0.104. The molecule has 6 N–H and O–H groups in total. The van der Waals surface area contributed by atoms with Crippen LogP contribution < -0.4 is 16.4 Å². The Morgan fingerprint density at radius 1 is 1.05 bits per heavy atom. The molecule has 0 aromatic heterocycles. The summed E-state index contributed by atoms with van der Waals surface area (Å²) in [6.45, 7) is 1.40. The second-order valence-electron chi connectivity index (χ2n) is 9.60. The maximum Gasteiger partial charge on any atom is 0.326 e. The summed E-state index contributed by atoms with van der Waals surface area (Å²) in [5.74, 6) is -2.36. The van der Waals surface area contributed by atoms with Gasteiger partial charge in [-0.3, -0.25) is 14.4 Å². The number of aliphatic carboxylic acids is 1. The summed E-state index contributed by atoms with van der Waals surface area (Å²) in [5, 5.41) is 24.4. The van der Waals surface area contributed by atoms with E-state index in [0.717, 1.165) is 27.5 Å². The van der Waals surface area contributed by atoms with Crippen LogP contribution in [-0.2, 0) is 32.0 Å². The topological polar surface area (TPSA) is 162 Å². The number of nitrogens with one attached hydrogen (secondary N) is 2. The summed E-state index contributed by atoms with van der Waals surface area (Å²) in [5.41, 5.74) is 7.52. The van der Waals surface area contributed by atoms with Gasteiger partial charge in [0.1, 0.15) is 17.8 Å². The number of hydrogen-bond donors (Lipinski definition) is 5. The zero-order valence-corrected chi connectivity index (χ0v) is 23.3. The molecule has 11 heteroatoms. The van der Waals surface area contributed by atoms with Crippen molar-refractivity contribution in [3.05, 3.63) is 63.2 Å². The summed E-state index contributed by atoms with van der Waals surface area (Å²) < 4.78 is 0.968. The molecule has 0 unspecified atom stereocenters. The van der Waals surface area contributed by atoms with Gasteiger partial charge in [0.25, 0.3) is 0 Å². The van der Waals surface area contributed by atoms with E-state index in [-0.39, 0.29) is 31.1 Å². The van der Waals surface area contributed by atoms with Crippen LogP contribution in [0.15, 0.2) is 48.5 Å². The largest absolute Gasteiger partial charge is 0.508 e. The van der Waals surface area contributed by atoms with Gasteiger partial charge < -0.3 is 31.5 Å². The normalized spacial score (nSPS) is 15.1. The molecule has 2 aromatic rings. The average Bonchev–Trinajstić information content (AvgIpc) is 3.69. The number of nitrogens with zero attached hydrogens (tertiary/aromatic N) is 1. The van der Waals surface area contributed by atoms with E-state index in [0.29, 0.717) is 6.54 Å². The van der Waals surface area contributed by atoms with Crippen molar-refractivity contribution < 1.29 is 29.4 Å². The molecular formula is C27H33IN4O6. The van der Waals surface area contributed by atoms with Crippen molar-refractivity contribution in [2.45, 2.75) is 50.7 Å². The fraction of sp³-hybridized carbons (Fsp3) is 0.407. The number of carbonyl (C=O) groups is 4. The van der Waals surface area contributed by atoms with E-state index < -0.39 is 41.8 Å². The number of amides is 3. The number of carboxylic acid groups (broad SMARTS) is 1. The number of aromatic hydroxyl groups is 1. The van der Waals surface area contributed by atoms with Crippen LogP contribution in [0.4, 0.5) is 0 Å². The highest BCUT2D eigenvalue weighted by Gasteiger charge is 2.35. The van der Waals surface area contributed by atoms with Crippen LogP contribution in [0.3, 0.4) is 0 Å². The Bertz CT molecular complexity index is 1150. The van der Waals surface area contributed by atoms with E-state index in [9.17, 15) is 29.4 Å². The molecule has 0 radical (unpaired) electrons. The van der Waals surface area contributed by atoms with Crippen molar-refractivity contribution in [3.8, 4) is 5.75 Å². The van der Waals surface area contributed by atoms with Crippen LogP contribution >= 0.6 is 22.6 Å². The first kappa shape index (κ1) is 29.4. The quantitative estimate of drug-likeness (QED) is 0.208. The van der Waals surface area contributed by atoms with Crippen LogP contribution in [0.5, 0.6) is 5.75 Å². The lowest BCUT2D eigenvalue weighted by Crippen LogP contribution is -2.54. The van der Waals surface area contributed by atoms with Crippen LogP contribution in [0.2, 0.25) is 0 Å². The van der Waals surface area contributed by atoms with Gasteiger partial charge in [0.2, 0.25) is 17.7 Å². The molecule has 1 fully saturated rings. The first-order chi connectivity index (χ1) is 18.0. The summed E-state index contributed by atoms with van der Waals surface area (Å²) >= 11 is 2.15. The molecule has 10 nitrogen and oxygen atoms in total. The van der Waals surface area contributed by atoms with Gasteiger partial charge in [-0.1, -0.05) is 24.3 Å². The van der Waals surface area contributed by atoms with E-state index in [2.05, 4.69) is 33.2 Å². The van der Waals surface area contributed by atoms with Crippen molar-refractivity contribution in [1.29, 1.82) is 0 Å². The zero-order chi connectivity index (χ0) is 27.8. The van der Waals surface area contributed by atoms with Crippen molar-refractivity contribution in [2.75, 3.05) is 13.1 Å². The number of phenols is 1. The molecule has 204 valence electrons. The third-order valence-electron chi connectivity index (χ3n) is 6.35. The highest BCUT2D eigenvalue weighted by molar-refractivity contribution is 14.1. The Morgan fingerprint density at radius 3 is 2.34 bits per heavy atom. The fourth-order valence-corrected chi connectivity index (χ4v) is 4.59. The van der Waals surface area contributed by atoms with Gasteiger partial charge in [0.05, 0.1) is 12.6 Å². The molecule has 3 amide bonds. The molecule has 0 bridgehead atoms. The summed E-state index contributed by atoms with van der Waals surface area (Å²) in [4.78, 5) is 51.7. The van der Waals surface area contributed by atoms with Crippen molar-refractivity contribution >= 4 is 46.3 Å². The smallest absolute Gasteiger partial charge is 0.326 e. The molecular weight excluding hydrogens is 603 g/mol. The second kappa shape index (κ2) is 13.6. The maximum absolute atomic E-state index is 13.1. The predicted molar refractivity (Wildman–Crippen MR) is 149 cm³/mol. The van der Waals surface area contributed by atoms with Crippen molar-refractivity contribution in [3.63, 3.8) is 0 Å². The lowest BCUT2D eigenvalue weighted by molar-refractivity contribution is -0.150. The summed E-state index contributed by atoms with van der Waals surface area (Å²) in [6, 6.07) is 10.8. The minimum atomic E-state index is -1.10. The van der Waals surface area contributed by atoms with Crippen LogP contribution in [0.25, 0.3) is 0 Å². The zero-order valence-electron chi connectivity index (χ0n) is 21.1. The summed E-state index contributed by atoms with van der Waals surface area (Å²) in [6.07, 6.45) is 2.23. The fourth-order valence-electron chi connectivity index (χ4n) is 3.98. The van der Waals surface area contributed by atoms with Gasteiger partial charge in [-0.25, -0.2) is 4.79 Å². The molecule has 2 aromatic carbocycles. The Balaban J connectivity index is 1.56. The Labute approximate surface area is 235 Å². The molecule has 3 atom stereocenters. The molecule has 38 heavy (non-hydrogen) atoms. The van der Waals surface area contributed by atoms with Gasteiger partial charge >= 0.3 is 5.97 Å². The minimum Gasteiger partial charge on any atom is -0.508 e. The van der Waals surface area contributed by atoms with Gasteiger partial charge in [0.15, 0.2) is 0 Å². The van der Waals surface area contributed by atoms with E-state index in [4.69, 9.17) is 5.73 Å². The Kier molecular flexibility index (Phi) is 10.5. The SMILES string of the molecule is C[C@@H](NC(=O)[C@@H](N)Cc1ccc(O)cc1)C(=O)NCC(=O)N(CC1CC1)[C@@H](Cc1cccc(I)c1)C(=O)O. The third-order valence-corrected chi connectivity index (χ3v) is 7.02. The highest BCUT2D eigenvalue weighted by atomic mass is 127. The lowest BCUT2D eigenvalue weighted by atomic mass is 10.0. The number of rotatable bonds is 13. The average molecular weight is 636 g/mol. The molecule has 1 aliphatic carbocycles. The van der Waals surface area contributed by atoms with E-state index in [1.807, 2.05) is 24.3 Å². The number of halogens is 1. The molecule has 0 heterocycles. The molecule has 0 saturated heterocycles. The van der Waals surface area contributed by atoms with Crippen LogP contribution in [0, 0.1) is 9.49 Å². The maximum atomic E-state index is 13.1. The van der Waals surface area contributed by atoms with Gasteiger partial charge in [0, 0.05) is 16.5 Å². The van der Waals surface area contributed by atoms with Crippen LogP contribution in [-0.4, -0.2) is 70.0 Å². The first-order valence-electron chi connectivity index (χ1n) is 12.4. The van der Waals surface area contributed by atoms with E-state index >= 15 is 0 Å². The Hall–Kier alpha value is -3.19. The molecule has 0 spiro atoms. The Morgan fingerprint density at radius 2 is 1.74 bits per heavy atom. The summed E-state index contributed by atoms with van der Waals surface area (Å²) in [7, 11) is 0. The molecule has 1 aliphatic rings. The molecule has 3 rings (SSSR count). The lowest BCUT2D eigenvalue weighted by Gasteiger charge is -2.30. The van der Waals surface area contributed by atoms with Gasteiger partial charge in [-0.15, -0.1) is 0 Å². The van der Waals surface area contributed by atoms with Gasteiger partial charge in [-0.2, -0.15) is 0 Å². The number of carbonyl (C=O) groups excluding carboxylic acids is 3. The van der Waals surface area contributed by atoms with E-state index in [1.165, 1.54) is 24.0 Å². The number of carboxylic acids is 1. The molecule has 0 aliphatic heterocycles. The van der Waals surface area contributed by atoms with Crippen molar-refractivity contribution in [1.82, 2.24) is 15.5 Å². The van der Waals surface area contributed by atoms with Crippen molar-refractivity contribution in [2.24, 2.45) is 11.7 Å². The van der Waals surface area contributed by atoms with Gasteiger partial charge in [-0.05, 0) is 90.1 Å². The van der Waals surface area contributed by atoms with E-state index in [1.54, 1.807) is 12.1 Å². The second-order valence-corrected chi connectivity index (χ2v) is 10.8. The highest BCUT2D eigenvalue weighted by Crippen LogP contribution is 2.31.